The van der Waals surface area contributed by atoms with Gasteiger partial charge in [0.1, 0.15) is 24.6 Å². The van der Waals surface area contributed by atoms with Gasteiger partial charge in [-0.05, 0) is 61.6 Å². The lowest BCUT2D eigenvalue weighted by atomic mass is 10.2. The van der Waals surface area contributed by atoms with Gasteiger partial charge >= 0.3 is 6.03 Å². The van der Waals surface area contributed by atoms with Crippen molar-refractivity contribution in [2.24, 2.45) is 0 Å². The van der Waals surface area contributed by atoms with Crippen molar-refractivity contribution in [3.63, 3.8) is 0 Å². The number of nitrogens with one attached hydrogen (secondary N) is 3. The number of carbonyl (C=O) groups excluding carboxylic acids is 1. The van der Waals surface area contributed by atoms with Crippen LogP contribution in [0.15, 0.2) is 60.9 Å². The highest BCUT2D eigenvalue weighted by atomic mass is 35.5. The number of hydrogen-bond donors (Lipinski definition) is 3. The molecule has 9 nitrogen and oxygen atoms in total. The lowest BCUT2D eigenvalue weighted by molar-refractivity contribution is 0.217. The van der Waals surface area contributed by atoms with E-state index in [1.165, 1.54) is 24.5 Å². The first-order valence-corrected chi connectivity index (χ1v) is 12.9. The molecule has 4 rings (SSSR count). The second-order valence-corrected chi connectivity index (χ2v) is 8.94. The number of carbonyl (C=O) groups is 1. The van der Waals surface area contributed by atoms with Crippen LogP contribution in [0.1, 0.15) is 13.8 Å². The van der Waals surface area contributed by atoms with Gasteiger partial charge in [0.25, 0.3) is 0 Å². The average molecular weight is 553 g/mol. The Labute approximate surface area is 231 Å². The number of methoxy groups -OCH3 is 1. The van der Waals surface area contributed by atoms with Crippen molar-refractivity contribution in [1.29, 1.82) is 0 Å². The smallest absolute Gasteiger partial charge is 0.323 e. The van der Waals surface area contributed by atoms with Crippen LogP contribution in [0, 0.1) is 5.82 Å². The molecule has 0 fully saturated rings. The van der Waals surface area contributed by atoms with Gasteiger partial charge in [-0.2, -0.15) is 0 Å². The molecule has 0 saturated heterocycles. The molecule has 4 aromatic rings. The van der Waals surface area contributed by atoms with E-state index in [0.29, 0.717) is 40.8 Å². The van der Waals surface area contributed by atoms with Crippen molar-refractivity contribution < 1.29 is 18.7 Å². The molecule has 0 atom stereocenters. The van der Waals surface area contributed by atoms with Crippen LogP contribution in [-0.2, 0) is 0 Å². The van der Waals surface area contributed by atoms with Crippen molar-refractivity contribution in [2.45, 2.75) is 13.8 Å². The van der Waals surface area contributed by atoms with E-state index in [-0.39, 0.29) is 5.02 Å². The Morgan fingerprint density at radius 1 is 0.949 bits per heavy atom. The topological polar surface area (TPSA) is 101 Å². The number of halogens is 2. The van der Waals surface area contributed by atoms with Crippen LogP contribution in [0.4, 0.5) is 32.1 Å². The molecular weight excluding hydrogens is 523 g/mol. The fourth-order valence-corrected chi connectivity index (χ4v) is 4.08. The number of urea groups is 1. The van der Waals surface area contributed by atoms with Crippen LogP contribution in [0.3, 0.4) is 0 Å². The van der Waals surface area contributed by atoms with Gasteiger partial charge < -0.3 is 30.3 Å². The van der Waals surface area contributed by atoms with Gasteiger partial charge in [-0.15, -0.1) is 0 Å². The molecule has 0 unspecified atom stereocenters. The number of rotatable bonds is 11. The molecule has 2 amide bonds. The molecule has 0 aliphatic heterocycles. The van der Waals surface area contributed by atoms with Crippen molar-refractivity contribution in [3.05, 3.63) is 71.8 Å². The predicted octanol–water partition coefficient (Wildman–Crippen LogP) is 6.54. The summed E-state index contributed by atoms with van der Waals surface area (Å²) in [6.07, 6.45) is 1.48. The molecule has 11 heteroatoms. The van der Waals surface area contributed by atoms with Crippen molar-refractivity contribution in [3.8, 4) is 11.5 Å². The molecule has 3 N–H and O–H groups in total. The molecule has 0 radical (unpaired) electrons. The Morgan fingerprint density at radius 2 is 1.64 bits per heavy atom. The minimum absolute atomic E-state index is 0.0721. The van der Waals surface area contributed by atoms with E-state index in [0.717, 1.165) is 30.7 Å². The van der Waals surface area contributed by atoms with Gasteiger partial charge in [-0.3, -0.25) is 0 Å². The highest BCUT2D eigenvalue weighted by Crippen LogP contribution is 2.35. The number of hydrogen-bond acceptors (Lipinski definition) is 7. The van der Waals surface area contributed by atoms with E-state index in [1.807, 2.05) is 12.1 Å². The van der Waals surface area contributed by atoms with Crippen LogP contribution in [0.25, 0.3) is 10.9 Å². The van der Waals surface area contributed by atoms with Crippen molar-refractivity contribution in [1.82, 2.24) is 14.9 Å². The molecule has 0 saturated carbocycles. The Kier molecular flexibility index (Phi) is 9.35. The third-order valence-electron chi connectivity index (χ3n) is 6.06. The number of ether oxygens (including phenoxy) is 2. The average Bonchev–Trinajstić information content (AvgIpc) is 2.94. The molecule has 3 aromatic carbocycles. The van der Waals surface area contributed by atoms with E-state index in [1.54, 1.807) is 31.4 Å². The number of aromatic nitrogens is 2. The fraction of sp³-hybridized carbons (Fsp3) is 0.250. The van der Waals surface area contributed by atoms with E-state index in [2.05, 4.69) is 44.7 Å². The summed E-state index contributed by atoms with van der Waals surface area (Å²) in [6.45, 7) is 7.53. The second kappa shape index (κ2) is 13.1. The predicted molar refractivity (Wildman–Crippen MR) is 153 cm³/mol. The minimum Gasteiger partial charge on any atom is -0.493 e. The number of anilines is 4. The number of nitrogens with zero attached hydrogens (tertiary/aromatic N) is 3. The summed E-state index contributed by atoms with van der Waals surface area (Å²) in [6, 6.07) is 14.3. The quantitative estimate of drug-likeness (QED) is 0.194. The lowest BCUT2D eigenvalue weighted by Gasteiger charge is -2.19. The first-order valence-electron chi connectivity index (χ1n) is 12.5. The first-order chi connectivity index (χ1) is 18.9. The Balaban J connectivity index is 1.43. The third kappa shape index (κ3) is 7.24. The van der Waals surface area contributed by atoms with Gasteiger partial charge in [0.2, 0.25) is 0 Å². The molecule has 39 heavy (non-hydrogen) atoms. The summed E-state index contributed by atoms with van der Waals surface area (Å²) in [7, 11) is 1.60. The van der Waals surface area contributed by atoms with Crippen LogP contribution in [0.2, 0.25) is 5.02 Å². The fourth-order valence-electron chi connectivity index (χ4n) is 3.90. The summed E-state index contributed by atoms with van der Waals surface area (Å²) in [5, 5.41) is 9.32. The van der Waals surface area contributed by atoms with Crippen LogP contribution in [0.5, 0.6) is 11.5 Å². The van der Waals surface area contributed by atoms with Crippen LogP contribution >= 0.6 is 11.6 Å². The number of benzene rings is 3. The lowest BCUT2D eigenvalue weighted by Crippen LogP contribution is -2.27. The zero-order valence-electron chi connectivity index (χ0n) is 21.9. The summed E-state index contributed by atoms with van der Waals surface area (Å²) >= 11 is 5.77. The Hall–Kier alpha value is -4.15. The molecule has 0 aliphatic rings. The standard InChI is InChI=1S/C28H30ClFN6O3/c1-4-36(5-2)12-13-39-26-16-24-21(15-25(26)38-3)27(32-17-31-24)33-18-6-8-19(9-7-18)34-28(37)35-20-10-11-23(30)22(29)14-20/h6-11,14-17H,4-5,12-13H2,1-3H3,(H,31,32,33)(H2,34,35,37). The normalized spacial score (nSPS) is 10.9. The molecule has 1 aromatic heterocycles. The second-order valence-electron chi connectivity index (χ2n) is 8.53. The SMILES string of the molecule is CCN(CC)CCOc1cc2ncnc(Nc3ccc(NC(=O)Nc4ccc(F)c(Cl)c4)cc3)c2cc1OC. The molecule has 0 spiro atoms. The molecule has 0 aliphatic carbocycles. The first kappa shape index (κ1) is 27.9. The van der Waals surface area contributed by atoms with E-state index in [4.69, 9.17) is 21.1 Å². The highest BCUT2D eigenvalue weighted by Gasteiger charge is 2.13. The maximum atomic E-state index is 13.3. The zero-order chi connectivity index (χ0) is 27.8. The van der Waals surface area contributed by atoms with Gasteiger partial charge in [-0.25, -0.2) is 19.2 Å². The van der Waals surface area contributed by atoms with Gasteiger partial charge in [-0.1, -0.05) is 25.4 Å². The number of likely N-dealkylation sites (N-methyl/N-ethyl adjacent to an activating group) is 1. The summed E-state index contributed by atoms with van der Waals surface area (Å²) in [5.41, 5.74) is 2.40. The summed E-state index contributed by atoms with van der Waals surface area (Å²) < 4.78 is 24.9. The molecule has 204 valence electrons. The summed E-state index contributed by atoms with van der Waals surface area (Å²) in [5.74, 6) is 1.26. The zero-order valence-corrected chi connectivity index (χ0v) is 22.7. The van der Waals surface area contributed by atoms with Crippen molar-refractivity contribution >= 4 is 51.4 Å². The Bertz CT molecular complexity index is 1430. The van der Waals surface area contributed by atoms with E-state index >= 15 is 0 Å². The molecule has 1 heterocycles. The maximum Gasteiger partial charge on any atom is 0.323 e. The Morgan fingerprint density at radius 3 is 2.33 bits per heavy atom. The third-order valence-corrected chi connectivity index (χ3v) is 6.35. The van der Waals surface area contributed by atoms with E-state index in [9.17, 15) is 9.18 Å². The molecular formula is C28H30ClFN6O3. The van der Waals surface area contributed by atoms with Crippen molar-refractivity contribution in [2.75, 3.05) is 49.3 Å². The van der Waals surface area contributed by atoms with Crippen LogP contribution in [-0.4, -0.2) is 54.2 Å². The highest BCUT2D eigenvalue weighted by molar-refractivity contribution is 6.31. The minimum atomic E-state index is -0.555. The summed E-state index contributed by atoms with van der Waals surface area (Å²) in [4.78, 5) is 23.4. The van der Waals surface area contributed by atoms with Gasteiger partial charge in [0, 0.05) is 35.1 Å². The largest absolute Gasteiger partial charge is 0.493 e. The van der Waals surface area contributed by atoms with E-state index < -0.39 is 11.8 Å². The van der Waals surface area contributed by atoms with Gasteiger partial charge in [0.15, 0.2) is 11.5 Å². The molecule has 0 bridgehead atoms. The van der Waals surface area contributed by atoms with Crippen LogP contribution < -0.4 is 25.4 Å². The number of fused-ring (bicyclic) bond motifs is 1. The number of amides is 2. The monoisotopic (exact) mass is 552 g/mol. The van der Waals surface area contributed by atoms with Gasteiger partial charge in [0.05, 0.1) is 17.6 Å². The maximum absolute atomic E-state index is 13.3.